The topological polar surface area (TPSA) is 78.9 Å². The van der Waals surface area contributed by atoms with E-state index in [1.807, 2.05) is 0 Å². The molecular weight excluding hydrogens is 805 g/mol. The third-order valence-electron chi connectivity index (χ3n) is 9.51. The van der Waals surface area contributed by atoms with E-state index in [2.05, 4.69) is 179 Å². The smallest absolute Gasteiger partial charge is 0.306 e. The maximum atomic E-state index is 12.8. The van der Waals surface area contributed by atoms with Crippen LogP contribution in [0.3, 0.4) is 0 Å². The van der Waals surface area contributed by atoms with Crippen LogP contribution in [0.2, 0.25) is 0 Å². The minimum atomic E-state index is -0.847. The summed E-state index contributed by atoms with van der Waals surface area (Å²) in [6.07, 6.45) is 75.2. The minimum absolute atomic E-state index is 0.142. The van der Waals surface area contributed by atoms with E-state index in [4.69, 9.17) is 14.2 Å². The molecule has 360 valence electrons. The molecule has 0 saturated carbocycles. The fraction of sp³-hybridized carbons (Fsp3) is 0.508. The first-order valence-corrected chi connectivity index (χ1v) is 25.0. The van der Waals surface area contributed by atoms with Crippen LogP contribution in [0.1, 0.15) is 175 Å². The van der Waals surface area contributed by atoms with Crippen molar-refractivity contribution in [2.24, 2.45) is 0 Å². The first-order chi connectivity index (χ1) is 32.0. The summed E-state index contributed by atoms with van der Waals surface area (Å²) < 4.78 is 16.7. The second-order valence-electron chi connectivity index (χ2n) is 15.6. The molecule has 6 heteroatoms. The van der Waals surface area contributed by atoms with Gasteiger partial charge in [0.1, 0.15) is 13.2 Å². The molecule has 1 unspecified atom stereocenters. The molecule has 0 rings (SSSR count). The Morgan fingerprint density at radius 1 is 0.308 bits per heavy atom. The van der Waals surface area contributed by atoms with E-state index in [-0.39, 0.29) is 50.4 Å². The molecule has 0 aromatic heterocycles. The van der Waals surface area contributed by atoms with Crippen molar-refractivity contribution in [2.75, 3.05) is 13.2 Å². The van der Waals surface area contributed by atoms with Gasteiger partial charge in [-0.25, -0.2) is 0 Å². The van der Waals surface area contributed by atoms with Crippen molar-refractivity contribution in [3.8, 4) is 0 Å². The van der Waals surface area contributed by atoms with Crippen LogP contribution in [0.5, 0.6) is 0 Å². The van der Waals surface area contributed by atoms with Crippen LogP contribution in [-0.4, -0.2) is 37.2 Å². The van der Waals surface area contributed by atoms with Crippen LogP contribution in [-0.2, 0) is 28.6 Å². The molecule has 0 aromatic carbocycles. The number of hydrogen-bond acceptors (Lipinski definition) is 6. The van der Waals surface area contributed by atoms with Gasteiger partial charge in [0.05, 0.1) is 0 Å². The quantitative estimate of drug-likeness (QED) is 0.0263. The molecule has 0 amide bonds. The molecular formula is C59H88O6. The largest absolute Gasteiger partial charge is 0.462 e. The Morgan fingerprint density at radius 3 is 0.862 bits per heavy atom. The lowest BCUT2D eigenvalue weighted by Gasteiger charge is -2.18. The Morgan fingerprint density at radius 2 is 0.554 bits per heavy atom. The molecule has 0 saturated heterocycles. The van der Waals surface area contributed by atoms with Gasteiger partial charge in [-0.2, -0.15) is 0 Å². The van der Waals surface area contributed by atoms with Gasteiger partial charge in [0.25, 0.3) is 0 Å². The fourth-order valence-electron chi connectivity index (χ4n) is 5.87. The zero-order valence-electron chi connectivity index (χ0n) is 40.9. The number of esters is 3. The van der Waals surface area contributed by atoms with Gasteiger partial charge in [0, 0.05) is 19.3 Å². The van der Waals surface area contributed by atoms with Crippen molar-refractivity contribution in [2.45, 2.75) is 181 Å². The number of carbonyl (C=O) groups is 3. The van der Waals surface area contributed by atoms with Crippen molar-refractivity contribution in [3.63, 3.8) is 0 Å². The number of ether oxygens (including phenoxy) is 3. The summed E-state index contributed by atoms with van der Waals surface area (Å²) >= 11 is 0. The van der Waals surface area contributed by atoms with Gasteiger partial charge in [0.2, 0.25) is 0 Å². The Hall–Kier alpha value is -4.97. The Labute approximate surface area is 397 Å². The predicted octanol–water partition coefficient (Wildman–Crippen LogP) is 16.6. The second-order valence-corrected chi connectivity index (χ2v) is 15.6. The molecule has 0 spiro atoms. The Bertz CT molecular complexity index is 1540. The lowest BCUT2D eigenvalue weighted by molar-refractivity contribution is -0.167. The average molecular weight is 893 g/mol. The highest BCUT2D eigenvalue weighted by Gasteiger charge is 2.19. The molecule has 0 fully saturated rings. The van der Waals surface area contributed by atoms with E-state index in [0.29, 0.717) is 19.3 Å². The minimum Gasteiger partial charge on any atom is -0.462 e. The lowest BCUT2D eigenvalue weighted by atomic mass is 10.1. The molecule has 0 heterocycles. The van der Waals surface area contributed by atoms with Gasteiger partial charge < -0.3 is 14.2 Å². The summed E-state index contributed by atoms with van der Waals surface area (Å²) in [5, 5.41) is 0. The predicted molar refractivity (Wildman–Crippen MR) is 278 cm³/mol. The van der Waals surface area contributed by atoms with Crippen molar-refractivity contribution in [3.05, 3.63) is 158 Å². The number of allylic oxidation sites excluding steroid dienone is 26. The van der Waals surface area contributed by atoms with Crippen molar-refractivity contribution >= 4 is 17.9 Å². The summed E-state index contributed by atoms with van der Waals surface area (Å²) in [5.74, 6) is -1.10. The molecule has 0 aliphatic rings. The molecule has 0 N–H and O–H groups in total. The van der Waals surface area contributed by atoms with Gasteiger partial charge in [-0.1, -0.05) is 179 Å². The van der Waals surface area contributed by atoms with Gasteiger partial charge in [-0.05, 0) is 135 Å². The van der Waals surface area contributed by atoms with Crippen LogP contribution in [0.25, 0.3) is 0 Å². The highest BCUT2D eigenvalue weighted by atomic mass is 16.6. The van der Waals surface area contributed by atoms with E-state index in [0.717, 1.165) is 116 Å². The third kappa shape index (κ3) is 49.9. The van der Waals surface area contributed by atoms with Gasteiger partial charge >= 0.3 is 17.9 Å². The van der Waals surface area contributed by atoms with E-state index < -0.39 is 6.10 Å². The summed E-state index contributed by atoms with van der Waals surface area (Å²) in [7, 11) is 0. The van der Waals surface area contributed by atoms with E-state index >= 15 is 0 Å². The maximum Gasteiger partial charge on any atom is 0.306 e. The van der Waals surface area contributed by atoms with Crippen molar-refractivity contribution < 1.29 is 28.6 Å². The Kier molecular flexibility index (Phi) is 47.7. The summed E-state index contributed by atoms with van der Waals surface area (Å²) in [6, 6.07) is 0. The fourth-order valence-corrected chi connectivity index (χ4v) is 5.87. The van der Waals surface area contributed by atoms with Crippen molar-refractivity contribution in [1.29, 1.82) is 0 Å². The van der Waals surface area contributed by atoms with Crippen LogP contribution in [0.4, 0.5) is 0 Å². The van der Waals surface area contributed by atoms with Gasteiger partial charge in [-0.3, -0.25) is 14.4 Å². The van der Waals surface area contributed by atoms with E-state index in [1.165, 1.54) is 0 Å². The highest BCUT2D eigenvalue weighted by Crippen LogP contribution is 2.09. The third-order valence-corrected chi connectivity index (χ3v) is 9.51. The average Bonchev–Trinajstić information content (AvgIpc) is 3.30. The summed E-state index contributed by atoms with van der Waals surface area (Å²) in [6.45, 7) is 6.13. The van der Waals surface area contributed by atoms with Crippen LogP contribution in [0.15, 0.2) is 158 Å². The number of unbranched alkanes of at least 4 members (excludes halogenated alkanes) is 5. The van der Waals surface area contributed by atoms with Crippen molar-refractivity contribution in [1.82, 2.24) is 0 Å². The normalized spacial score (nSPS) is 13.5. The SMILES string of the molecule is CC/C=C\C/C=C\C/C=C\C/C=C\C/C=C\CCCC(=O)OCC(COC(=O)CCCC/C=C\C/C=C\C/C=C\C/C=C\CC)OC(=O)CCCC/C=C\C/C=C\C/C=C\C/C=C\CC. The van der Waals surface area contributed by atoms with E-state index in [9.17, 15) is 14.4 Å². The second kappa shape index (κ2) is 51.7. The molecule has 0 bridgehead atoms. The molecule has 1 atom stereocenters. The lowest BCUT2D eigenvalue weighted by Crippen LogP contribution is -2.30. The zero-order chi connectivity index (χ0) is 47.2. The molecule has 0 radical (unpaired) electrons. The number of carbonyl (C=O) groups excluding carboxylic acids is 3. The Balaban J connectivity index is 4.66. The number of rotatable bonds is 42. The maximum absolute atomic E-state index is 12.8. The number of hydrogen-bond donors (Lipinski definition) is 0. The first-order valence-electron chi connectivity index (χ1n) is 25.0. The van der Waals surface area contributed by atoms with Gasteiger partial charge in [0.15, 0.2) is 6.10 Å². The van der Waals surface area contributed by atoms with Crippen LogP contribution >= 0.6 is 0 Å². The standard InChI is InChI=1S/C59H88O6/c1-4-7-10-13-16-19-22-25-28-29-32-34-37-40-43-46-49-52-58(61)64-55-56(65-59(62)53-50-47-44-41-38-35-31-27-24-21-18-15-12-9-6-3)54-63-57(60)51-48-45-42-39-36-33-30-26-23-20-17-14-11-8-5-2/h7-12,16-21,25-28,30-32,34,36,38-41,43,56H,4-6,13-15,22-24,29,33,35,37,42,44-55H2,1-3H3/b10-7-,11-8-,12-9-,19-16-,20-17-,21-18-,28-25-,30-26-,31-27-,34-32-,39-36-,41-38-,43-40-. The van der Waals surface area contributed by atoms with E-state index in [1.54, 1.807) is 0 Å². The first kappa shape index (κ1) is 60.0. The summed E-state index contributed by atoms with van der Waals surface area (Å²) in [4.78, 5) is 37.9. The molecule has 6 nitrogen and oxygen atoms in total. The van der Waals surface area contributed by atoms with Crippen LogP contribution in [0, 0.1) is 0 Å². The highest BCUT2D eigenvalue weighted by molar-refractivity contribution is 5.71. The molecule has 0 aromatic rings. The summed E-state index contributed by atoms with van der Waals surface area (Å²) in [5.41, 5.74) is 0. The monoisotopic (exact) mass is 893 g/mol. The zero-order valence-corrected chi connectivity index (χ0v) is 40.9. The molecule has 0 aliphatic carbocycles. The van der Waals surface area contributed by atoms with Gasteiger partial charge in [-0.15, -0.1) is 0 Å². The molecule has 0 aliphatic heterocycles. The molecule has 65 heavy (non-hydrogen) atoms. The van der Waals surface area contributed by atoms with Crippen LogP contribution < -0.4 is 0 Å².